The van der Waals surface area contributed by atoms with Gasteiger partial charge < -0.3 is 9.80 Å². The van der Waals surface area contributed by atoms with Crippen molar-refractivity contribution in [2.75, 3.05) is 9.80 Å². The third-order valence-electron chi connectivity index (χ3n) is 17.6. The minimum absolute atomic E-state index is 1.08. The Bertz CT molecular complexity index is 4860. The lowest BCUT2D eigenvalue weighted by atomic mass is 9.98. The van der Waals surface area contributed by atoms with E-state index in [0.717, 1.165) is 56.4 Å². The van der Waals surface area contributed by atoms with Crippen molar-refractivity contribution in [1.29, 1.82) is 0 Å². The predicted molar refractivity (Wildman–Crippen MR) is 390 cm³/mol. The van der Waals surface area contributed by atoms with Gasteiger partial charge in [-0.25, -0.2) is 0 Å². The van der Waals surface area contributed by atoms with Crippen LogP contribution in [0.4, 0.5) is 34.1 Å². The zero-order valence-corrected chi connectivity index (χ0v) is 50.8. The van der Waals surface area contributed by atoms with Crippen molar-refractivity contribution in [3.05, 3.63) is 388 Å². The Balaban J connectivity index is 0.680. The van der Waals surface area contributed by atoms with Crippen LogP contribution in [0.25, 0.3) is 111 Å². The fraction of sp³-hybridized carbons (Fsp3) is 0. The van der Waals surface area contributed by atoms with Crippen molar-refractivity contribution < 1.29 is 0 Å². The Morgan fingerprint density at radius 1 is 0.0870 bits per heavy atom. The van der Waals surface area contributed by atoms with E-state index in [2.05, 4.69) is 398 Å². The molecule has 0 fully saturated rings. The molecule has 0 bridgehead atoms. The molecule has 0 spiro atoms. The molecule has 0 saturated carbocycles. The van der Waals surface area contributed by atoms with E-state index < -0.39 is 0 Å². The van der Waals surface area contributed by atoms with Gasteiger partial charge in [-0.3, -0.25) is 0 Å². The van der Waals surface area contributed by atoms with E-state index in [4.69, 9.17) is 0 Å². The molecule has 434 valence electrons. The predicted octanol–water partition coefficient (Wildman–Crippen LogP) is 25.3. The molecule has 15 rings (SSSR count). The van der Waals surface area contributed by atoms with Crippen molar-refractivity contribution in [2.45, 2.75) is 0 Å². The summed E-state index contributed by atoms with van der Waals surface area (Å²) in [5.41, 5.74) is 30.3. The Hall–Kier alpha value is -12.1. The molecule has 0 aromatic heterocycles. The first kappa shape index (κ1) is 56.4. The molecule has 0 radical (unpaired) electrons. The van der Waals surface area contributed by atoms with Gasteiger partial charge in [-0.05, 0) is 184 Å². The monoisotopic (exact) mass is 1170 g/mol. The van der Waals surface area contributed by atoms with Gasteiger partial charge in [0.05, 0.1) is 0 Å². The molecular formula is C90H64N2. The first-order valence-corrected chi connectivity index (χ1v) is 31.5. The van der Waals surface area contributed by atoms with Gasteiger partial charge in [-0.2, -0.15) is 0 Å². The molecule has 0 heterocycles. The van der Waals surface area contributed by atoms with Crippen molar-refractivity contribution in [2.24, 2.45) is 0 Å². The smallest absolute Gasteiger partial charge is 0.0462 e. The summed E-state index contributed by atoms with van der Waals surface area (Å²) in [6.45, 7) is 0. The molecule has 15 aromatic rings. The summed E-state index contributed by atoms with van der Waals surface area (Å²) in [6.07, 6.45) is 0. The van der Waals surface area contributed by atoms with Crippen LogP contribution in [0.15, 0.2) is 388 Å². The van der Waals surface area contributed by atoms with Crippen molar-refractivity contribution in [3.63, 3.8) is 0 Å². The Morgan fingerprint density at radius 3 is 0.283 bits per heavy atom. The van der Waals surface area contributed by atoms with Gasteiger partial charge in [0.15, 0.2) is 0 Å². The highest BCUT2D eigenvalue weighted by atomic mass is 15.1. The number of rotatable bonds is 16. The first-order chi connectivity index (χ1) is 45.6. The molecular weight excluding hydrogens is 1110 g/mol. The summed E-state index contributed by atoms with van der Waals surface area (Å²) < 4.78 is 0. The maximum absolute atomic E-state index is 2.35. The minimum Gasteiger partial charge on any atom is -0.311 e. The summed E-state index contributed by atoms with van der Waals surface area (Å²) in [4.78, 5) is 4.70. The zero-order valence-electron chi connectivity index (χ0n) is 50.8. The molecule has 0 aliphatic heterocycles. The van der Waals surface area contributed by atoms with Gasteiger partial charge >= 0.3 is 0 Å². The van der Waals surface area contributed by atoms with Crippen LogP contribution in [-0.2, 0) is 0 Å². The molecule has 0 aliphatic carbocycles. The average Bonchev–Trinajstić information content (AvgIpc) is 1.08. The Morgan fingerprint density at radius 2 is 0.174 bits per heavy atom. The number of nitrogens with zero attached hydrogens (tertiary/aromatic N) is 2. The van der Waals surface area contributed by atoms with Gasteiger partial charge in [0.1, 0.15) is 0 Å². The minimum atomic E-state index is 1.08. The number of hydrogen-bond acceptors (Lipinski definition) is 2. The topological polar surface area (TPSA) is 6.48 Å². The number of hydrogen-bond donors (Lipinski definition) is 0. The zero-order chi connectivity index (χ0) is 61.4. The second-order valence-corrected chi connectivity index (χ2v) is 23.3. The van der Waals surface area contributed by atoms with E-state index in [1.165, 1.54) is 89.0 Å². The van der Waals surface area contributed by atoms with Gasteiger partial charge in [0, 0.05) is 34.1 Å². The highest BCUT2D eigenvalue weighted by Crippen LogP contribution is 2.41. The summed E-state index contributed by atoms with van der Waals surface area (Å²) in [5.74, 6) is 0. The molecule has 0 saturated heterocycles. The second-order valence-electron chi connectivity index (χ2n) is 23.3. The van der Waals surface area contributed by atoms with Crippen LogP contribution in [0.2, 0.25) is 0 Å². The van der Waals surface area contributed by atoms with E-state index in [0.29, 0.717) is 0 Å². The van der Waals surface area contributed by atoms with E-state index in [9.17, 15) is 0 Å². The molecule has 0 amide bonds. The van der Waals surface area contributed by atoms with Crippen LogP contribution >= 0.6 is 0 Å². The maximum atomic E-state index is 2.35. The lowest BCUT2D eigenvalue weighted by Gasteiger charge is -2.26. The Labute approximate surface area is 540 Å². The van der Waals surface area contributed by atoms with Gasteiger partial charge in [-0.15, -0.1) is 0 Å². The van der Waals surface area contributed by atoms with Crippen LogP contribution in [0.3, 0.4) is 0 Å². The maximum Gasteiger partial charge on any atom is 0.0462 e. The van der Waals surface area contributed by atoms with Gasteiger partial charge in [0.2, 0.25) is 0 Å². The fourth-order valence-corrected chi connectivity index (χ4v) is 12.5. The lowest BCUT2D eigenvalue weighted by Crippen LogP contribution is -2.09. The van der Waals surface area contributed by atoms with Crippen LogP contribution in [0.1, 0.15) is 0 Å². The molecule has 2 nitrogen and oxygen atoms in total. The van der Waals surface area contributed by atoms with Gasteiger partial charge in [0.25, 0.3) is 0 Å². The SMILES string of the molecule is c1ccc(-c2ccc(-c3ccc(-c4ccc(N(c5ccc(-c6ccc(-c7ccccc7)cc6)cc5)c5ccc(-c6ccc(-c7ccc(N(c8ccc(-c9ccccc9)cc8)c8ccc(-c9ccc(-c%10ccccc%10)cc9)cc8)cc7)cc6)cc5)cc4)cc3)cc2)cc1. The van der Waals surface area contributed by atoms with E-state index in [1.807, 2.05) is 0 Å². The quantitative estimate of drug-likeness (QED) is 0.0951. The van der Waals surface area contributed by atoms with E-state index >= 15 is 0 Å². The standard InChI is InChI=1S/C90H64N2/c1-5-13-65(14-6-1)69-21-27-72(28-22-69)73-33-35-76(36-34-73)82-47-61-89(62-48-82)92(88-57-45-81(46-58-88)75-31-25-71(26-32-75)67-17-9-3-10-18-67)90-63-51-84(52-64-90)78-39-37-77(38-40-78)83-49-59-87(60-50-83)91(85-53-41-79(42-54-85)68-19-11-4-12-20-68)86-55-43-80(44-56-86)74-29-23-70(24-30-74)66-15-7-2-8-16-66/h1-64H. The van der Waals surface area contributed by atoms with Crippen LogP contribution in [0, 0.1) is 0 Å². The first-order valence-electron chi connectivity index (χ1n) is 31.5. The fourth-order valence-electron chi connectivity index (χ4n) is 12.5. The molecule has 92 heavy (non-hydrogen) atoms. The molecule has 0 aliphatic rings. The summed E-state index contributed by atoms with van der Waals surface area (Å²) in [7, 11) is 0. The summed E-state index contributed by atoms with van der Waals surface area (Å²) in [5, 5.41) is 0. The molecule has 0 atom stereocenters. The summed E-state index contributed by atoms with van der Waals surface area (Å²) in [6, 6.07) is 140. The normalized spacial score (nSPS) is 11.0. The van der Waals surface area contributed by atoms with E-state index in [1.54, 1.807) is 0 Å². The molecule has 2 heteroatoms. The summed E-state index contributed by atoms with van der Waals surface area (Å²) >= 11 is 0. The van der Waals surface area contributed by atoms with Crippen molar-refractivity contribution in [3.8, 4) is 111 Å². The van der Waals surface area contributed by atoms with Crippen molar-refractivity contribution >= 4 is 34.1 Å². The van der Waals surface area contributed by atoms with Gasteiger partial charge in [-0.1, -0.05) is 315 Å². The third kappa shape index (κ3) is 12.3. The highest BCUT2D eigenvalue weighted by Gasteiger charge is 2.17. The lowest BCUT2D eigenvalue weighted by molar-refractivity contribution is 1.28. The molecule has 0 N–H and O–H groups in total. The molecule has 0 unspecified atom stereocenters. The third-order valence-corrected chi connectivity index (χ3v) is 17.6. The molecule has 15 aromatic carbocycles. The van der Waals surface area contributed by atoms with E-state index in [-0.39, 0.29) is 0 Å². The van der Waals surface area contributed by atoms with Crippen LogP contribution in [-0.4, -0.2) is 0 Å². The second kappa shape index (κ2) is 25.9. The Kier molecular flexibility index (Phi) is 15.9. The number of anilines is 6. The highest BCUT2D eigenvalue weighted by molar-refractivity contribution is 5.85. The van der Waals surface area contributed by atoms with Crippen LogP contribution in [0.5, 0.6) is 0 Å². The van der Waals surface area contributed by atoms with Crippen LogP contribution < -0.4 is 9.80 Å². The number of benzene rings is 15. The van der Waals surface area contributed by atoms with Crippen molar-refractivity contribution in [1.82, 2.24) is 0 Å². The average molecular weight is 1170 g/mol. The largest absolute Gasteiger partial charge is 0.311 e.